The van der Waals surface area contributed by atoms with Gasteiger partial charge in [-0.05, 0) is 45.7 Å². The molecule has 1 aromatic heterocycles. The van der Waals surface area contributed by atoms with Crippen LogP contribution in [0.3, 0.4) is 0 Å². The van der Waals surface area contributed by atoms with E-state index in [-0.39, 0.29) is 5.91 Å². The highest BCUT2D eigenvalue weighted by Crippen LogP contribution is 2.29. The van der Waals surface area contributed by atoms with Crippen LogP contribution in [0.1, 0.15) is 32.1 Å². The number of hydrogen-bond acceptors (Lipinski definition) is 3. The first-order valence-electron chi connectivity index (χ1n) is 8.74. The molecule has 134 valence electrons. The largest absolute Gasteiger partial charge is 0.325 e. The molecule has 0 radical (unpaired) electrons. The predicted molar refractivity (Wildman–Crippen MR) is 110 cm³/mol. The molecule has 26 heavy (non-hydrogen) atoms. The van der Waals surface area contributed by atoms with Gasteiger partial charge < -0.3 is 5.32 Å². The summed E-state index contributed by atoms with van der Waals surface area (Å²) in [6.45, 7) is 10.2. The number of aryl methyl sites for hydroxylation is 5. The summed E-state index contributed by atoms with van der Waals surface area (Å²) in [7, 11) is 0. The molecule has 0 aliphatic heterocycles. The molecule has 0 atom stereocenters. The van der Waals surface area contributed by atoms with Crippen molar-refractivity contribution in [3.63, 3.8) is 0 Å². The van der Waals surface area contributed by atoms with E-state index in [1.165, 1.54) is 11.1 Å². The Morgan fingerprint density at radius 3 is 2.19 bits per heavy atom. The van der Waals surface area contributed by atoms with Gasteiger partial charge in [-0.1, -0.05) is 47.5 Å². The van der Waals surface area contributed by atoms with Crippen molar-refractivity contribution < 1.29 is 4.79 Å². The molecule has 4 heteroatoms. The topological polar surface area (TPSA) is 42.0 Å². The summed E-state index contributed by atoms with van der Waals surface area (Å²) < 4.78 is 0. The summed E-state index contributed by atoms with van der Waals surface area (Å²) in [5, 5.41) is 4.07. The van der Waals surface area contributed by atoms with Gasteiger partial charge in [-0.15, -0.1) is 11.3 Å². The van der Waals surface area contributed by atoms with Gasteiger partial charge in [0.25, 0.3) is 0 Å². The maximum atomic E-state index is 12.7. The SMILES string of the molecule is Cc1ccc(-c2nc(C)sc2CC(=O)Nc2c(C)cc(C)cc2C)cc1. The van der Waals surface area contributed by atoms with Crippen molar-refractivity contribution in [1.29, 1.82) is 0 Å². The number of nitrogens with zero attached hydrogens (tertiary/aromatic N) is 1. The molecule has 0 saturated carbocycles. The van der Waals surface area contributed by atoms with Crippen molar-refractivity contribution in [3.8, 4) is 11.3 Å². The molecule has 0 bridgehead atoms. The monoisotopic (exact) mass is 364 g/mol. The first-order valence-corrected chi connectivity index (χ1v) is 9.56. The molecule has 2 aromatic carbocycles. The van der Waals surface area contributed by atoms with Gasteiger partial charge in [0.05, 0.1) is 17.1 Å². The molecule has 0 aliphatic rings. The zero-order valence-corrected chi connectivity index (χ0v) is 16.8. The number of amides is 1. The molecule has 1 heterocycles. The van der Waals surface area contributed by atoms with Gasteiger partial charge in [0.2, 0.25) is 5.91 Å². The number of carbonyl (C=O) groups is 1. The molecular weight excluding hydrogens is 340 g/mol. The van der Waals surface area contributed by atoms with Crippen LogP contribution in [0.2, 0.25) is 0 Å². The molecule has 0 aliphatic carbocycles. The third-order valence-corrected chi connectivity index (χ3v) is 5.36. The fourth-order valence-electron chi connectivity index (χ4n) is 3.23. The van der Waals surface area contributed by atoms with Crippen LogP contribution in [0.4, 0.5) is 5.69 Å². The van der Waals surface area contributed by atoms with Gasteiger partial charge in [-0.3, -0.25) is 4.79 Å². The van der Waals surface area contributed by atoms with Gasteiger partial charge in [-0.25, -0.2) is 4.98 Å². The number of benzene rings is 2. The van der Waals surface area contributed by atoms with E-state index >= 15 is 0 Å². The lowest BCUT2D eigenvalue weighted by atomic mass is 10.0. The molecule has 3 aromatic rings. The summed E-state index contributed by atoms with van der Waals surface area (Å²) in [5.74, 6) is -0.00272. The van der Waals surface area contributed by atoms with Crippen LogP contribution in [0.25, 0.3) is 11.3 Å². The number of nitrogens with one attached hydrogen (secondary N) is 1. The average Bonchev–Trinajstić information content (AvgIpc) is 2.92. The first kappa shape index (κ1) is 18.3. The van der Waals surface area contributed by atoms with E-state index in [1.807, 2.05) is 20.8 Å². The van der Waals surface area contributed by atoms with Gasteiger partial charge in [-0.2, -0.15) is 0 Å². The van der Waals surface area contributed by atoms with E-state index in [0.29, 0.717) is 6.42 Å². The van der Waals surface area contributed by atoms with Crippen LogP contribution in [-0.2, 0) is 11.2 Å². The number of rotatable bonds is 4. The minimum absolute atomic E-state index is 0.00272. The molecule has 0 saturated heterocycles. The lowest BCUT2D eigenvalue weighted by Crippen LogP contribution is -2.16. The number of carbonyl (C=O) groups excluding carboxylic acids is 1. The van der Waals surface area contributed by atoms with Crippen molar-refractivity contribution in [2.45, 2.75) is 41.0 Å². The average molecular weight is 365 g/mol. The van der Waals surface area contributed by atoms with Crippen LogP contribution in [0, 0.1) is 34.6 Å². The fraction of sp³-hybridized carbons (Fsp3) is 0.273. The number of hydrogen-bond donors (Lipinski definition) is 1. The summed E-state index contributed by atoms with van der Waals surface area (Å²) in [6.07, 6.45) is 0.335. The minimum Gasteiger partial charge on any atom is -0.325 e. The highest BCUT2D eigenvalue weighted by molar-refractivity contribution is 7.12. The molecule has 0 unspecified atom stereocenters. The lowest BCUT2D eigenvalue weighted by molar-refractivity contribution is -0.115. The van der Waals surface area contributed by atoms with Gasteiger partial charge >= 0.3 is 0 Å². The second-order valence-electron chi connectivity index (χ2n) is 6.87. The van der Waals surface area contributed by atoms with Crippen LogP contribution in [-0.4, -0.2) is 10.9 Å². The van der Waals surface area contributed by atoms with Crippen LogP contribution >= 0.6 is 11.3 Å². The zero-order chi connectivity index (χ0) is 18.8. The number of aromatic nitrogens is 1. The van der Waals surface area contributed by atoms with E-state index in [0.717, 1.165) is 38.0 Å². The van der Waals surface area contributed by atoms with Crippen LogP contribution in [0.15, 0.2) is 36.4 Å². The molecule has 3 nitrogen and oxygen atoms in total. The van der Waals surface area contributed by atoms with E-state index < -0.39 is 0 Å². The van der Waals surface area contributed by atoms with Crippen LogP contribution < -0.4 is 5.32 Å². The Morgan fingerprint density at radius 1 is 0.962 bits per heavy atom. The molecule has 1 N–H and O–H groups in total. The van der Waals surface area contributed by atoms with Crippen molar-refractivity contribution in [1.82, 2.24) is 4.98 Å². The lowest BCUT2D eigenvalue weighted by Gasteiger charge is -2.13. The van der Waals surface area contributed by atoms with E-state index in [1.54, 1.807) is 11.3 Å². The van der Waals surface area contributed by atoms with E-state index in [9.17, 15) is 4.79 Å². The van der Waals surface area contributed by atoms with Gasteiger partial charge in [0, 0.05) is 16.1 Å². The highest BCUT2D eigenvalue weighted by Gasteiger charge is 2.16. The molecule has 0 spiro atoms. The van der Waals surface area contributed by atoms with E-state index in [4.69, 9.17) is 0 Å². The summed E-state index contributed by atoms with van der Waals surface area (Å²) >= 11 is 1.59. The quantitative estimate of drug-likeness (QED) is 0.661. The maximum absolute atomic E-state index is 12.7. The van der Waals surface area contributed by atoms with E-state index in [2.05, 4.69) is 60.5 Å². The van der Waals surface area contributed by atoms with Crippen molar-refractivity contribution in [3.05, 3.63) is 68.5 Å². The Balaban J connectivity index is 1.83. The molecule has 3 rings (SSSR count). The van der Waals surface area contributed by atoms with Crippen molar-refractivity contribution >= 4 is 22.9 Å². The van der Waals surface area contributed by atoms with Crippen molar-refractivity contribution in [2.75, 3.05) is 5.32 Å². The maximum Gasteiger partial charge on any atom is 0.229 e. The summed E-state index contributed by atoms with van der Waals surface area (Å²) in [4.78, 5) is 18.3. The standard InChI is InChI=1S/C22H24N2OS/c1-13-6-8-18(9-7-13)22-19(26-17(5)23-22)12-20(25)24-21-15(3)10-14(2)11-16(21)4/h6-11H,12H2,1-5H3,(H,24,25). The third-order valence-electron chi connectivity index (χ3n) is 4.39. The van der Waals surface area contributed by atoms with Gasteiger partial charge in [0.1, 0.15) is 0 Å². The second-order valence-corrected chi connectivity index (χ2v) is 8.16. The number of thiazole rings is 1. The highest BCUT2D eigenvalue weighted by atomic mass is 32.1. The Labute approximate surface area is 159 Å². The zero-order valence-electron chi connectivity index (χ0n) is 15.9. The third kappa shape index (κ3) is 4.02. The Morgan fingerprint density at radius 2 is 1.58 bits per heavy atom. The minimum atomic E-state index is -0.00272. The second kappa shape index (κ2) is 7.42. The fourth-order valence-corrected chi connectivity index (χ4v) is 4.19. The Kier molecular flexibility index (Phi) is 5.23. The first-order chi connectivity index (χ1) is 12.3. The molecule has 1 amide bonds. The Hall–Kier alpha value is -2.46. The molecular formula is C22H24N2OS. The van der Waals surface area contributed by atoms with Crippen LogP contribution in [0.5, 0.6) is 0 Å². The normalized spacial score (nSPS) is 10.8. The van der Waals surface area contributed by atoms with Gasteiger partial charge in [0.15, 0.2) is 0 Å². The predicted octanol–water partition coefficient (Wildman–Crippen LogP) is 5.53. The summed E-state index contributed by atoms with van der Waals surface area (Å²) in [5.41, 5.74) is 7.50. The van der Waals surface area contributed by atoms with Crippen molar-refractivity contribution in [2.24, 2.45) is 0 Å². The molecule has 0 fully saturated rings. The smallest absolute Gasteiger partial charge is 0.229 e. The summed E-state index contributed by atoms with van der Waals surface area (Å²) in [6, 6.07) is 12.5. The Bertz CT molecular complexity index is 932. The number of anilines is 1.